The summed E-state index contributed by atoms with van der Waals surface area (Å²) in [6.45, 7) is 0.409. The lowest BCUT2D eigenvalue weighted by Crippen LogP contribution is -1.96. The SMILES string of the molecule is Nc1cc(COc2ccc(O)cc2)ccc1Cl. The minimum atomic E-state index is 0.216. The standard InChI is InChI=1S/C13H12ClNO2/c14-12-6-1-9(7-13(12)15)8-17-11-4-2-10(16)3-5-11/h1-7,16H,8,15H2. The third kappa shape index (κ3) is 3.04. The van der Waals surface area contributed by atoms with Crippen LogP contribution in [0.2, 0.25) is 5.02 Å². The molecule has 88 valence electrons. The second-order valence-corrected chi connectivity index (χ2v) is 4.05. The molecule has 3 nitrogen and oxygen atoms in total. The number of ether oxygens (including phenoxy) is 1. The molecule has 17 heavy (non-hydrogen) atoms. The average molecular weight is 250 g/mol. The molecule has 0 fully saturated rings. The molecular weight excluding hydrogens is 238 g/mol. The van der Waals surface area contributed by atoms with Gasteiger partial charge in [-0.15, -0.1) is 0 Å². The van der Waals surface area contributed by atoms with Gasteiger partial charge in [-0.3, -0.25) is 0 Å². The summed E-state index contributed by atoms with van der Waals surface area (Å²) in [5.41, 5.74) is 7.17. The molecule has 0 amide bonds. The number of phenolic OH excluding ortho intramolecular Hbond substituents is 1. The van der Waals surface area contributed by atoms with Crippen molar-refractivity contribution < 1.29 is 9.84 Å². The Balaban J connectivity index is 2.02. The smallest absolute Gasteiger partial charge is 0.120 e. The predicted octanol–water partition coefficient (Wildman–Crippen LogP) is 3.21. The summed E-state index contributed by atoms with van der Waals surface area (Å²) in [7, 11) is 0. The second-order valence-electron chi connectivity index (χ2n) is 3.64. The van der Waals surface area contributed by atoms with Crippen LogP contribution in [0.1, 0.15) is 5.56 Å². The van der Waals surface area contributed by atoms with Crippen LogP contribution in [-0.4, -0.2) is 5.11 Å². The average Bonchev–Trinajstić information content (AvgIpc) is 2.33. The van der Waals surface area contributed by atoms with Gasteiger partial charge in [-0.2, -0.15) is 0 Å². The summed E-state index contributed by atoms with van der Waals surface area (Å²) >= 11 is 5.82. The van der Waals surface area contributed by atoms with Crippen LogP contribution in [-0.2, 0) is 6.61 Å². The summed E-state index contributed by atoms with van der Waals surface area (Å²) in [4.78, 5) is 0. The lowest BCUT2D eigenvalue weighted by molar-refractivity contribution is 0.305. The number of phenols is 1. The highest BCUT2D eigenvalue weighted by Gasteiger charge is 2.00. The molecule has 0 aliphatic heterocycles. The van der Waals surface area contributed by atoms with Gasteiger partial charge in [-0.25, -0.2) is 0 Å². The highest BCUT2D eigenvalue weighted by Crippen LogP contribution is 2.21. The summed E-state index contributed by atoms with van der Waals surface area (Å²) in [5, 5.41) is 9.66. The molecule has 0 heterocycles. The van der Waals surface area contributed by atoms with E-state index in [4.69, 9.17) is 27.2 Å². The molecule has 0 spiro atoms. The maximum absolute atomic E-state index is 9.12. The van der Waals surface area contributed by atoms with Gasteiger partial charge in [0.15, 0.2) is 0 Å². The summed E-state index contributed by atoms with van der Waals surface area (Å²) in [6.07, 6.45) is 0. The Morgan fingerprint density at radius 1 is 1.12 bits per heavy atom. The molecule has 0 bridgehead atoms. The molecule has 0 aromatic heterocycles. The first-order chi connectivity index (χ1) is 8.15. The molecule has 0 radical (unpaired) electrons. The quantitative estimate of drug-likeness (QED) is 0.822. The normalized spacial score (nSPS) is 10.2. The lowest BCUT2D eigenvalue weighted by atomic mass is 10.2. The van der Waals surface area contributed by atoms with Crippen LogP contribution in [0.3, 0.4) is 0 Å². The van der Waals surface area contributed by atoms with Crippen LogP contribution >= 0.6 is 11.6 Å². The Morgan fingerprint density at radius 2 is 1.82 bits per heavy atom. The highest BCUT2D eigenvalue weighted by atomic mass is 35.5. The number of aromatic hydroxyl groups is 1. The van der Waals surface area contributed by atoms with Crippen molar-refractivity contribution in [1.29, 1.82) is 0 Å². The number of rotatable bonds is 3. The maximum Gasteiger partial charge on any atom is 0.120 e. The van der Waals surface area contributed by atoms with Crippen molar-refractivity contribution in [2.24, 2.45) is 0 Å². The molecule has 0 aliphatic rings. The van der Waals surface area contributed by atoms with Crippen molar-refractivity contribution in [3.05, 3.63) is 53.1 Å². The van der Waals surface area contributed by atoms with Gasteiger partial charge in [0, 0.05) is 0 Å². The predicted molar refractivity (Wildman–Crippen MR) is 68.3 cm³/mol. The van der Waals surface area contributed by atoms with Crippen molar-refractivity contribution >= 4 is 17.3 Å². The monoisotopic (exact) mass is 249 g/mol. The fraction of sp³-hybridized carbons (Fsp3) is 0.0769. The van der Waals surface area contributed by atoms with Crippen molar-refractivity contribution in [2.45, 2.75) is 6.61 Å². The van der Waals surface area contributed by atoms with Gasteiger partial charge in [-0.05, 0) is 42.0 Å². The third-order valence-electron chi connectivity index (χ3n) is 2.30. The van der Waals surface area contributed by atoms with Gasteiger partial charge in [0.1, 0.15) is 18.1 Å². The van der Waals surface area contributed by atoms with Crippen LogP contribution in [0.5, 0.6) is 11.5 Å². The first-order valence-electron chi connectivity index (χ1n) is 5.11. The van der Waals surface area contributed by atoms with Gasteiger partial charge >= 0.3 is 0 Å². The van der Waals surface area contributed by atoms with Gasteiger partial charge in [0.2, 0.25) is 0 Å². The van der Waals surface area contributed by atoms with Crippen LogP contribution < -0.4 is 10.5 Å². The largest absolute Gasteiger partial charge is 0.508 e. The van der Waals surface area contributed by atoms with Crippen molar-refractivity contribution in [3.63, 3.8) is 0 Å². The summed E-state index contributed by atoms with van der Waals surface area (Å²) in [5.74, 6) is 0.907. The van der Waals surface area contributed by atoms with Crippen molar-refractivity contribution in [2.75, 3.05) is 5.73 Å². The van der Waals surface area contributed by atoms with E-state index in [-0.39, 0.29) is 5.75 Å². The van der Waals surface area contributed by atoms with Crippen LogP contribution in [0.4, 0.5) is 5.69 Å². The van der Waals surface area contributed by atoms with E-state index in [2.05, 4.69) is 0 Å². The van der Waals surface area contributed by atoms with E-state index in [1.807, 2.05) is 6.07 Å². The number of hydrogen-bond donors (Lipinski definition) is 2. The molecule has 2 aromatic carbocycles. The zero-order valence-electron chi connectivity index (χ0n) is 9.06. The Kier molecular flexibility index (Phi) is 3.40. The zero-order valence-corrected chi connectivity index (χ0v) is 9.82. The molecule has 0 saturated heterocycles. The van der Waals surface area contributed by atoms with Gasteiger partial charge in [0.25, 0.3) is 0 Å². The van der Waals surface area contributed by atoms with Crippen molar-refractivity contribution in [3.8, 4) is 11.5 Å². The molecular formula is C13H12ClNO2. The molecule has 2 rings (SSSR count). The first kappa shape index (κ1) is 11.6. The number of halogens is 1. The third-order valence-corrected chi connectivity index (χ3v) is 2.65. The van der Waals surface area contributed by atoms with Gasteiger partial charge in [-0.1, -0.05) is 17.7 Å². The minimum Gasteiger partial charge on any atom is -0.508 e. The first-order valence-corrected chi connectivity index (χ1v) is 5.48. The maximum atomic E-state index is 9.12. The molecule has 2 aromatic rings. The Morgan fingerprint density at radius 3 is 2.47 bits per heavy atom. The van der Waals surface area contributed by atoms with E-state index >= 15 is 0 Å². The molecule has 4 heteroatoms. The van der Waals surface area contributed by atoms with Gasteiger partial charge < -0.3 is 15.6 Å². The summed E-state index contributed by atoms with van der Waals surface area (Å²) < 4.78 is 5.53. The number of anilines is 1. The van der Waals surface area contributed by atoms with Crippen LogP contribution in [0.25, 0.3) is 0 Å². The number of hydrogen-bond acceptors (Lipinski definition) is 3. The van der Waals surface area contributed by atoms with E-state index in [9.17, 15) is 0 Å². The van der Waals surface area contributed by atoms with Crippen molar-refractivity contribution in [1.82, 2.24) is 0 Å². The topological polar surface area (TPSA) is 55.5 Å². The number of benzene rings is 2. The zero-order chi connectivity index (χ0) is 12.3. The second kappa shape index (κ2) is 4.97. The molecule has 0 unspecified atom stereocenters. The van der Waals surface area contributed by atoms with Crippen LogP contribution in [0, 0.1) is 0 Å². The fourth-order valence-corrected chi connectivity index (χ4v) is 1.51. The molecule has 0 aliphatic carbocycles. The molecule has 0 atom stereocenters. The minimum absolute atomic E-state index is 0.216. The summed E-state index contributed by atoms with van der Waals surface area (Å²) in [6, 6.07) is 11.9. The number of nitrogens with two attached hydrogens (primary N) is 1. The fourth-order valence-electron chi connectivity index (χ4n) is 1.39. The Labute approximate surface area is 104 Å². The lowest BCUT2D eigenvalue weighted by Gasteiger charge is -2.07. The van der Waals surface area contributed by atoms with E-state index in [0.717, 1.165) is 5.56 Å². The van der Waals surface area contributed by atoms with E-state index in [1.165, 1.54) is 0 Å². The van der Waals surface area contributed by atoms with E-state index < -0.39 is 0 Å². The van der Waals surface area contributed by atoms with Crippen LogP contribution in [0.15, 0.2) is 42.5 Å². The van der Waals surface area contributed by atoms with E-state index in [1.54, 1.807) is 36.4 Å². The number of nitrogen functional groups attached to an aromatic ring is 1. The Hall–Kier alpha value is -1.87. The highest BCUT2D eigenvalue weighted by molar-refractivity contribution is 6.33. The Bertz CT molecular complexity index is 511. The van der Waals surface area contributed by atoms with E-state index in [0.29, 0.717) is 23.1 Å². The molecule has 3 N–H and O–H groups in total. The molecule has 0 saturated carbocycles. The van der Waals surface area contributed by atoms with Gasteiger partial charge in [0.05, 0.1) is 10.7 Å².